The van der Waals surface area contributed by atoms with Gasteiger partial charge in [-0.1, -0.05) is 5.16 Å². The first-order chi connectivity index (χ1) is 9.68. The van der Waals surface area contributed by atoms with Gasteiger partial charge in [-0.15, -0.1) is 0 Å². The number of aryl methyl sites for hydroxylation is 2. The van der Waals surface area contributed by atoms with Gasteiger partial charge in [-0.3, -0.25) is 14.8 Å². The van der Waals surface area contributed by atoms with E-state index in [9.17, 15) is 4.79 Å². The highest BCUT2D eigenvalue weighted by molar-refractivity contribution is 5.96. The van der Waals surface area contributed by atoms with E-state index < -0.39 is 0 Å². The van der Waals surface area contributed by atoms with Crippen molar-refractivity contribution in [3.63, 3.8) is 0 Å². The van der Waals surface area contributed by atoms with Gasteiger partial charge >= 0.3 is 0 Å². The zero-order valence-corrected chi connectivity index (χ0v) is 11.5. The second kappa shape index (κ2) is 5.03. The normalized spacial score (nSPS) is 18.5. The van der Waals surface area contributed by atoms with Crippen molar-refractivity contribution in [1.29, 1.82) is 0 Å². The lowest BCUT2D eigenvalue weighted by Gasteiger charge is -2.23. The van der Waals surface area contributed by atoms with Crippen LogP contribution in [0.2, 0.25) is 0 Å². The summed E-state index contributed by atoms with van der Waals surface area (Å²) in [5.74, 6) is 0.534. The molecule has 0 saturated carbocycles. The number of amides is 1. The third-order valence-electron chi connectivity index (χ3n) is 3.69. The molecule has 0 bridgehead atoms. The number of nitrogens with zero attached hydrogens (tertiary/aromatic N) is 4. The number of hydrogen-bond acceptors (Lipinski definition) is 5. The molecule has 0 spiro atoms. The summed E-state index contributed by atoms with van der Waals surface area (Å²) in [6.07, 6.45) is 6.90. The summed E-state index contributed by atoms with van der Waals surface area (Å²) in [7, 11) is 0. The molecule has 0 N–H and O–H groups in total. The highest BCUT2D eigenvalue weighted by Gasteiger charge is 2.34. The summed E-state index contributed by atoms with van der Waals surface area (Å²) in [5, 5.41) is 3.86. The maximum absolute atomic E-state index is 12.7. The Labute approximate surface area is 116 Å². The van der Waals surface area contributed by atoms with Crippen molar-refractivity contribution in [2.24, 2.45) is 0 Å². The number of carbonyl (C=O) groups excluding carboxylic acids is 1. The lowest BCUT2D eigenvalue weighted by molar-refractivity contribution is 0.0730. The van der Waals surface area contributed by atoms with Crippen LogP contribution in [0.25, 0.3) is 0 Å². The summed E-state index contributed by atoms with van der Waals surface area (Å²) in [6, 6.07) is -0.00935. The first kappa shape index (κ1) is 12.8. The second-order valence-corrected chi connectivity index (χ2v) is 4.99. The minimum Gasteiger partial charge on any atom is -0.361 e. The van der Waals surface area contributed by atoms with Crippen LogP contribution in [0.3, 0.4) is 0 Å². The van der Waals surface area contributed by atoms with Crippen molar-refractivity contribution in [3.8, 4) is 0 Å². The predicted molar refractivity (Wildman–Crippen MR) is 71.0 cm³/mol. The Kier molecular flexibility index (Phi) is 3.22. The average molecular weight is 272 g/mol. The van der Waals surface area contributed by atoms with Gasteiger partial charge in [0.15, 0.2) is 0 Å². The first-order valence-electron chi connectivity index (χ1n) is 6.68. The molecule has 104 valence electrons. The molecular formula is C14H16N4O2. The van der Waals surface area contributed by atoms with Crippen molar-refractivity contribution in [2.75, 3.05) is 6.54 Å². The molecule has 20 heavy (non-hydrogen) atoms. The fourth-order valence-electron chi connectivity index (χ4n) is 2.73. The van der Waals surface area contributed by atoms with Crippen molar-refractivity contribution < 1.29 is 9.32 Å². The Bertz CT molecular complexity index is 604. The van der Waals surface area contributed by atoms with Gasteiger partial charge in [0, 0.05) is 18.9 Å². The monoisotopic (exact) mass is 272 g/mol. The molecule has 0 unspecified atom stereocenters. The number of carbonyl (C=O) groups is 1. The van der Waals surface area contributed by atoms with Gasteiger partial charge in [0.2, 0.25) is 0 Å². The molecule has 0 aromatic carbocycles. The van der Waals surface area contributed by atoms with E-state index in [1.807, 2.05) is 4.90 Å². The predicted octanol–water partition coefficient (Wildman–Crippen LogP) is 2.06. The van der Waals surface area contributed by atoms with E-state index in [2.05, 4.69) is 15.1 Å². The van der Waals surface area contributed by atoms with Gasteiger partial charge in [-0.2, -0.15) is 0 Å². The van der Waals surface area contributed by atoms with Crippen LogP contribution in [0.5, 0.6) is 0 Å². The van der Waals surface area contributed by atoms with Crippen LogP contribution in [0, 0.1) is 13.8 Å². The van der Waals surface area contributed by atoms with Crippen LogP contribution in [0.4, 0.5) is 0 Å². The number of aromatic nitrogens is 3. The molecule has 1 aliphatic rings. The minimum absolute atomic E-state index is 0.00935. The molecular weight excluding hydrogens is 256 g/mol. The summed E-state index contributed by atoms with van der Waals surface area (Å²) in [4.78, 5) is 23.0. The maximum atomic E-state index is 12.7. The molecule has 6 heteroatoms. The summed E-state index contributed by atoms with van der Waals surface area (Å²) in [5.41, 5.74) is 2.04. The van der Waals surface area contributed by atoms with Crippen molar-refractivity contribution in [1.82, 2.24) is 20.0 Å². The fraction of sp³-hybridized carbons (Fsp3) is 0.429. The molecule has 6 nitrogen and oxygen atoms in total. The maximum Gasteiger partial charge on any atom is 0.259 e. The smallest absolute Gasteiger partial charge is 0.259 e. The number of rotatable bonds is 2. The highest BCUT2D eigenvalue weighted by Crippen LogP contribution is 2.32. The molecule has 0 radical (unpaired) electrons. The van der Waals surface area contributed by atoms with E-state index in [0.717, 1.165) is 25.1 Å². The first-order valence-corrected chi connectivity index (χ1v) is 6.68. The summed E-state index contributed by atoms with van der Waals surface area (Å²) >= 11 is 0. The van der Waals surface area contributed by atoms with E-state index >= 15 is 0 Å². The largest absolute Gasteiger partial charge is 0.361 e. The zero-order chi connectivity index (χ0) is 14.1. The Hall–Kier alpha value is -2.24. The lowest BCUT2D eigenvalue weighted by Crippen LogP contribution is -2.31. The molecule has 3 heterocycles. The molecule has 1 aliphatic heterocycles. The quantitative estimate of drug-likeness (QED) is 0.836. The van der Waals surface area contributed by atoms with Crippen molar-refractivity contribution in [3.05, 3.63) is 41.3 Å². The standard InChI is InChI=1S/C14H16N4O2/c1-9-13(10(2)20-17-9)14(19)18-7-3-4-12(18)11-8-15-5-6-16-11/h5-6,8,12H,3-4,7H2,1-2H3/t12-/m0/s1. The molecule has 1 saturated heterocycles. The van der Waals surface area contributed by atoms with Gasteiger partial charge < -0.3 is 9.42 Å². The van der Waals surface area contributed by atoms with Gasteiger partial charge in [-0.25, -0.2) is 0 Å². The summed E-state index contributed by atoms with van der Waals surface area (Å²) < 4.78 is 5.09. The van der Waals surface area contributed by atoms with Crippen molar-refractivity contribution in [2.45, 2.75) is 32.7 Å². The molecule has 3 rings (SSSR count). The number of likely N-dealkylation sites (tertiary alicyclic amines) is 1. The molecule has 1 amide bonds. The van der Waals surface area contributed by atoms with Gasteiger partial charge in [0.1, 0.15) is 11.3 Å². The van der Waals surface area contributed by atoms with E-state index in [-0.39, 0.29) is 11.9 Å². The molecule has 1 atom stereocenters. The van der Waals surface area contributed by atoms with Crippen LogP contribution in [-0.2, 0) is 0 Å². The Balaban J connectivity index is 1.91. The number of hydrogen-bond donors (Lipinski definition) is 0. The Morgan fingerprint density at radius 1 is 1.40 bits per heavy atom. The van der Waals surface area contributed by atoms with E-state index in [1.165, 1.54) is 0 Å². The zero-order valence-electron chi connectivity index (χ0n) is 11.5. The fourth-order valence-corrected chi connectivity index (χ4v) is 2.73. The SMILES string of the molecule is Cc1noc(C)c1C(=O)N1CCC[C@H]1c1cnccn1. The van der Waals surface area contributed by atoms with E-state index in [4.69, 9.17) is 4.52 Å². The summed E-state index contributed by atoms with van der Waals surface area (Å²) in [6.45, 7) is 4.28. The Morgan fingerprint density at radius 3 is 2.90 bits per heavy atom. The third kappa shape index (κ3) is 2.07. The average Bonchev–Trinajstić information content (AvgIpc) is 3.07. The minimum atomic E-state index is -0.0330. The van der Waals surface area contributed by atoms with E-state index in [1.54, 1.807) is 32.4 Å². The molecule has 0 aliphatic carbocycles. The second-order valence-electron chi connectivity index (χ2n) is 4.99. The van der Waals surface area contributed by atoms with Gasteiger partial charge in [-0.05, 0) is 26.7 Å². The topological polar surface area (TPSA) is 72.1 Å². The Morgan fingerprint density at radius 2 is 2.25 bits per heavy atom. The highest BCUT2D eigenvalue weighted by atomic mass is 16.5. The van der Waals surface area contributed by atoms with Crippen molar-refractivity contribution >= 4 is 5.91 Å². The third-order valence-corrected chi connectivity index (χ3v) is 3.69. The van der Waals surface area contributed by atoms with Crippen LogP contribution < -0.4 is 0 Å². The van der Waals surface area contributed by atoms with Crippen LogP contribution in [0.15, 0.2) is 23.1 Å². The van der Waals surface area contributed by atoms with Crippen LogP contribution in [0.1, 0.15) is 46.4 Å². The lowest BCUT2D eigenvalue weighted by atomic mass is 10.1. The van der Waals surface area contributed by atoms with Gasteiger partial charge in [0.05, 0.1) is 23.6 Å². The van der Waals surface area contributed by atoms with Gasteiger partial charge in [0.25, 0.3) is 5.91 Å². The molecule has 2 aromatic rings. The van der Waals surface area contributed by atoms with E-state index in [0.29, 0.717) is 17.0 Å². The van der Waals surface area contributed by atoms with Crippen LogP contribution in [-0.4, -0.2) is 32.5 Å². The van der Waals surface area contributed by atoms with Crippen LogP contribution >= 0.6 is 0 Å². The molecule has 2 aromatic heterocycles. The molecule has 1 fully saturated rings.